The van der Waals surface area contributed by atoms with Crippen molar-refractivity contribution in [1.29, 1.82) is 0 Å². The second-order valence-electron chi connectivity index (χ2n) is 5.58. The second kappa shape index (κ2) is 8.99. The van der Waals surface area contributed by atoms with Gasteiger partial charge < -0.3 is 5.32 Å². The lowest BCUT2D eigenvalue weighted by molar-refractivity contribution is -0.121. The zero-order valence-corrected chi connectivity index (χ0v) is 15.5. The lowest BCUT2D eigenvalue weighted by Gasteiger charge is -2.07. The Balaban J connectivity index is 1.76. The molecule has 2 N–H and O–H groups in total. The van der Waals surface area contributed by atoms with E-state index in [4.69, 9.17) is 11.6 Å². The van der Waals surface area contributed by atoms with E-state index in [2.05, 4.69) is 10.0 Å². The van der Waals surface area contributed by atoms with Crippen LogP contribution in [0.1, 0.15) is 17.5 Å². The summed E-state index contributed by atoms with van der Waals surface area (Å²) >= 11 is 5.92. The average Bonchev–Trinajstić information content (AvgIpc) is 2.60. The standard InChI is InChI=1S/C18H21ClN2O3S/c1-20-25(23,24)17-8-5-14(6-9-17)7-10-18(22)21-12-11-15-3-2-4-16(19)13-15/h2-6,8-9,13,20H,7,10-12H2,1H3,(H,21,22). The van der Waals surface area contributed by atoms with E-state index in [1.54, 1.807) is 12.1 Å². The number of hydrogen-bond donors (Lipinski definition) is 2. The van der Waals surface area contributed by atoms with Crippen LogP contribution in [0.5, 0.6) is 0 Å². The van der Waals surface area contributed by atoms with Crippen LogP contribution in [0.2, 0.25) is 5.02 Å². The summed E-state index contributed by atoms with van der Waals surface area (Å²) in [7, 11) is -2.05. The molecule has 0 aliphatic carbocycles. The Morgan fingerprint density at radius 3 is 2.40 bits per heavy atom. The van der Waals surface area contributed by atoms with Crippen LogP contribution in [0.3, 0.4) is 0 Å². The molecule has 134 valence electrons. The van der Waals surface area contributed by atoms with Gasteiger partial charge in [-0.15, -0.1) is 0 Å². The third kappa shape index (κ3) is 6.16. The van der Waals surface area contributed by atoms with Gasteiger partial charge in [-0.2, -0.15) is 0 Å². The largest absolute Gasteiger partial charge is 0.356 e. The first-order chi connectivity index (χ1) is 11.9. The fourth-order valence-corrected chi connectivity index (χ4v) is 3.28. The highest BCUT2D eigenvalue weighted by Crippen LogP contribution is 2.12. The normalized spacial score (nSPS) is 11.3. The highest BCUT2D eigenvalue weighted by Gasteiger charge is 2.10. The molecule has 0 heterocycles. The molecule has 0 saturated carbocycles. The van der Waals surface area contributed by atoms with Crippen LogP contribution in [0, 0.1) is 0 Å². The van der Waals surface area contributed by atoms with Crippen molar-refractivity contribution in [3.05, 3.63) is 64.7 Å². The van der Waals surface area contributed by atoms with Crippen molar-refractivity contribution in [2.45, 2.75) is 24.2 Å². The van der Waals surface area contributed by atoms with Crippen LogP contribution in [0.4, 0.5) is 0 Å². The molecule has 0 radical (unpaired) electrons. The fraction of sp³-hybridized carbons (Fsp3) is 0.278. The van der Waals surface area contributed by atoms with Crippen LogP contribution in [0.25, 0.3) is 0 Å². The molecule has 0 spiro atoms. The summed E-state index contributed by atoms with van der Waals surface area (Å²) in [5.41, 5.74) is 1.99. The zero-order valence-electron chi connectivity index (χ0n) is 14.0. The summed E-state index contributed by atoms with van der Waals surface area (Å²) in [6.07, 6.45) is 1.64. The Morgan fingerprint density at radius 2 is 1.76 bits per heavy atom. The first-order valence-corrected chi connectivity index (χ1v) is 9.80. The molecule has 2 rings (SSSR count). The molecular weight excluding hydrogens is 360 g/mol. The maximum atomic E-state index is 11.9. The van der Waals surface area contributed by atoms with Crippen molar-refractivity contribution < 1.29 is 13.2 Å². The third-order valence-electron chi connectivity index (χ3n) is 3.77. The van der Waals surface area contributed by atoms with Crippen LogP contribution in [-0.4, -0.2) is 27.9 Å². The van der Waals surface area contributed by atoms with Gasteiger partial charge in [0.1, 0.15) is 0 Å². The highest BCUT2D eigenvalue weighted by molar-refractivity contribution is 7.89. The lowest BCUT2D eigenvalue weighted by atomic mass is 10.1. The number of rotatable bonds is 8. The van der Waals surface area contributed by atoms with E-state index in [0.717, 1.165) is 17.5 Å². The minimum absolute atomic E-state index is 0.0334. The van der Waals surface area contributed by atoms with Gasteiger partial charge in [-0.3, -0.25) is 4.79 Å². The van der Waals surface area contributed by atoms with E-state index >= 15 is 0 Å². The number of hydrogen-bond acceptors (Lipinski definition) is 3. The first-order valence-electron chi connectivity index (χ1n) is 7.94. The summed E-state index contributed by atoms with van der Waals surface area (Å²) in [5, 5.41) is 3.57. The van der Waals surface area contributed by atoms with Gasteiger partial charge >= 0.3 is 0 Å². The van der Waals surface area contributed by atoms with Crippen LogP contribution in [0.15, 0.2) is 53.4 Å². The molecule has 0 unspecified atom stereocenters. The molecular formula is C18H21ClN2O3S. The van der Waals surface area contributed by atoms with Crippen molar-refractivity contribution >= 4 is 27.5 Å². The lowest BCUT2D eigenvalue weighted by Crippen LogP contribution is -2.25. The first kappa shape index (κ1) is 19.4. The Kier molecular flexibility index (Phi) is 6.99. The van der Waals surface area contributed by atoms with E-state index in [9.17, 15) is 13.2 Å². The number of amides is 1. The fourth-order valence-electron chi connectivity index (χ4n) is 2.34. The second-order valence-corrected chi connectivity index (χ2v) is 7.90. The van der Waals surface area contributed by atoms with Crippen molar-refractivity contribution in [3.8, 4) is 0 Å². The zero-order chi connectivity index (χ0) is 18.3. The van der Waals surface area contributed by atoms with Crippen LogP contribution < -0.4 is 10.0 Å². The molecule has 0 fully saturated rings. The maximum Gasteiger partial charge on any atom is 0.240 e. The topological polar surface area (TPSA) is 75.3 Å². The summed E-state index contributed by atoms with van der Waals surface area (Å²) in [6.45, 7) is 0.554. The predicted molar refractivity (Wildman–Crippen MR) is 99.2 cm³/mol. The van der Waals surface area contributed by atoms with Gasteiger partial charge in [-0.25, -0.2) is 13.1 Å². The summed E-state index contributed by atoms with van der Waals surface area (Å²) < 4.78 is 25.6. The molecule has 0 aromatic heterocycles. The molecule has 5 nitrogen and oxygen atoms in total. The average molecular weight is 381 g/mol. The smallest absolute Gasteiger partial charge is 0.240 e. The Bertz CT molecular complexity index is 820. The van der Waals surface area contributed by atoms with Gasteiger partial charge in [-0.05, 0) is 55.3 Å². The summed E-state index contributed by atoms with van der Waals surface area (Å²) in [6, 6.07) is 14.1. The Hall–Kier alpha value is -1.89. The van der Waals surface area contributed by atoms with Crippen molar-refractivity contribution in [2.75, 3.05) is 13.6 Å². The molecule has 25 heavy (non-hydrogen) atoms. The molecule has 7 heteroatoms. The van der Waals surface area contributed by atoms with Gasteiger partial charge in [0.05, 0.1) is 4.90 Å². The number of sulfonamides is 1. The van der Waals surface area contributed by atoms with E-state index in [0.29, 0.717) is 24.4 Å². The Morgan fingerprint density at radius 1 is 1.04 bits per heavy atom. The minimum Gasteiger partial charge on any atom is -0.356 e. The molecule has 2 aromatic rings. The van der Waals surface area contributed by atoms with Gasteiger partial charge in [-0.1, -0.05) is 35.9 Å². The van der Waals surface area contributed by atoms with Crippen molar-refractivity contribution in [3.63, 3.8) is 0 Å². The third-order valence-corrected chi connectivity index (χ3v) is 5.43. The van der Waals surface area contributed by atoms with Gasteiger partial charge in [0.2, 0.25) is 15.9 Å². The quantitative estimate of drug-likeness (QED) is 0.739. The Labute approximate surface area is 153 Å². The number of halogens is 1. The molecule has 0 aliphatic heterocycles. The maximum absolute atomic E-state index is 11.9. The number of nitrogens with one attached hydrogen (secondary N) is 2. The predicted octanol–water partition coefficient (Wildman–Crippen LogP) is 2.54. The van der Waals surface area contributed by atoms with E-state index in [1.807, 2.05) is 24.3 Å². The minimum atomic E-state index is -3.43. The van der Waals surface area contributed by atoms with Gasteiger partial charge in [0.25, 0.3) is 0 Å². The highest BCUT2D eigenvalue weighted by atomic mass is 35.5. The van der Waals surface area contributed by atoms with Gasteiger partial charge in [0, 0.05) is 18.0 Å². The number of carbonyl (C=O) groups is 1. The molecule has 0 aliphatic rings. The van der Waals surface area contributed by atoms with Crippen molar-refractivity contribution in [2.24, 2.45) is 0 Å². The number of benzene rings is 2. The molecule has 1 amide bonds. The van der Waals surface area contributed by atoms with E-state index in [1.165, 1.54) is 19.2 Å². The van der Waals surface area contributed by atoms with Crippen LogP contribution >= 0.6 is 11.6 Å². The SMILES string of the molecule is CNS(=O)(=O)c1ccc(CCC(=O)NCCc2cccc(Cl)c2)cc1. The molecule has 0 atom stereocenters. The van der Waals surface area contributed by atoms with Crippen molar-refractivity contribution in [1.82, 2.24) is 10.0 Å². The van der Waals surface area contributed by atoms with Crippen LogP contribution in [-0.2, 0) is 27.7 Å². The monoisotopic (exact) mass is 380 g/mol. The molecule has 0 bridgehead atoms. The summed E-state index contributed by atoms with van der Waals surface area (Å²) in [5.74, 6) is -0.0334. The van der Waals surface area contributed by atoms with E-state index < -0.39 is 10.0 Å². The van der Waals surface area contributed by atoms with Gasteiger partial charge in [0.15, 0.2) is 0 Å². The molecule has 2 aromatic carbocycles. The molecule has 0 saturated heterocycles. The summed E-state index contributed by atoms with van der Waals surface area (Å²) in [4.78, 5) is 12.1. The number of aryl methyl sites for hydroxylation is 1. The number of carbonyl (C=O) groups excluding carboxylic acids is 1. The van der Waals surface area contributed by atoms with E-state index in [-0.39, 0.29) is 10.8 Å².